The number of fused-ring (bicyclic) bond motifs is 2. The average Bonchev–Trinajstić information content (AvgIpc) is 3.06. The molecular weight excluding hydrogens is 422 g/mol. The second-order valence-electron chi connectivity index (χ2n) is 8.92. The quantitative estimate of drug-likeness (QED) is 0.726. The van der Waals surface area contributed by atoms with Gasteiger partial charge in [-0.1, -0.05) is 30.3 Å². The molecule has 2 heterocycles. The second kappa shape index (κ2) is 8.10. The molecule has 0 aromatic heterocycles. The Morgan fingerprint density at radius 3 is 2.73 bits per heavy atom. The number of nitrogens with zero attached hydrogens (tertiary/aromatic N) is 2. The molecule has 3 aliphatic rings. The molecule has 4 amide bonds. The Kier molecular flexibility index (Phi) is 5.23. The van der Waals surface area contributed by atoms with Gasteiger partial charge in [0.1, 0.15) is 25.3 Å². The van der Waals surface area contributed by atoms with E-state index in [2.05, 4.69) is 17.4 Å². The SMILES string of the molecule is CN(C(=O)CN1C(=O)NC(C)(c2ccc3c(c2)OCCO3)C1=O)C1CCCc2ccccc21. The molecule has 1 saturated heterocycles. The van der Waals surface area contributed by atoms with Crippen LogP contribution in [0.25, 0.3) is 0 Å². The third kappa shape index (κ3) is 3.59. The van der Waals surface area contributed by atoms with Crippen molar-refractivity contribution in [3.05, 3.63) is 59.2 Å². The van der Waals surface area contributed by atoms with Crippen LogP contribution in [0.3, 0.4) is 0 Å². The molecule has 2 aliphatic heterocycles. The summed E-state index contributed by atoms with van der Waals surface area (Å²) in [5.74, 6) is 0.403. The molecule has 8 nitrogen and oxygen atoms in total. The maximum Gasteiger partial charge on any atom is 0.325 e. The summed E-state index contributed by atoms with van der Waals surface area (Å²) in [4.78, 5) is 41.9. The van der Waals surface area contributed by atoms with Crippen molar-refractivity contribution in [2.75, 3.05) is 26.8 Å². The summed E-state index contributed by atoms with van der Waals surface area (Å²) < 4.78 is 11.2. The number of rotatable bonds is 4. The number of benzene rings is 2. The highest BCUT2D eigenvalue weighted by Crippen LogP contribution is 2.37. The number of urea groups is 1. The van der Waals surface area contributed by atoms with Crippen molar-refractivity contribution in [1.82, 2.24) is 15.1 Å². The summed E-state index contributed by atoms with van der Waals surface area (Å²) in [5, 5.41) is 2.76. The third-order valence-corrected chi connectivity index (χ3v) is 6.89. The van der Waals surface area contributed by atoms with Gasteiger partial charge < -0.3 is 19.7 Å². The maximum atomic E-state index is 13.3. The third-order valence-electron chi connectivity index (χ3n) is 6.89. The fourth-order valence-corrected chi connectivity index (χ4v) is 4.94. The van der Waals surface area contributed by atoms with Gasteiger partial charge in [0.25, 0.3) is 5.91 Å². The Morgan fingerprint density at radius 2 is 1.91 bits per heavy atom. The molecule has 33 heavy (non-hydrogen) atoms. The summed E-state index contributed by atoms with van der Waals surface area (Å²) in [7, 11) is 1.74. The fourth-order valence-electron chi connectivity index (χ4n) is 4.94. The van der Waals surface area contributed by atoms with Crippen LogP contribution in [0.1, 0.15) is 42.5 Å². The minimum Gasteiger partial charge on any atom is -0.486 e. The van der Waals surface area contributed by atoms with E-state index in [1.807, 2.05) is 12.1 Å². The van der Waals surface area contributed by atoms with Gasteiger partial charge >= 0.3 is 6.03 Å². The van der Waals surface area contributed by atoms with E-state index in [1.54, 1.807) is 37.1 Å². The lowest BCUT2D eigenvalue weighted by atomic mass is 9.87. The van der Waals surface area contributed by atoms with E-state index in [0.29, 0.717) is 30.3 Å². The fraction of sp³-hybridized carbons (Fsp3) is 0.400. The Balaban J connectivity index is 1.34. The lowest BCUT2D eigenvalue weighted by Crippen LogP contribution is -2.44. The first-order chi connectivity index (χ1) is 15.9. The highest BCUT2D eigenvalue weighted by Gasteiger charge is 2.50. The topological polar surface area (TPSA) is 88.2 Å². The smallest absolute Gasteiger partial charge is 0.325 e. The van der Waals surface area contributed by atoms with E-state index < -0.39 is 17.5 Å². The summed E-state index contributed by atoms with van der Waals surface area (Å²) in [6.07, 6.45) is 2.84. The Morgan fingerprint density at radius 1 is 1.15 bits per heavy atom. The van der Waals surface area contributed by atoms with E-state index in [1.165, 1.54) is 5.56 Å². The molecule has 2 aromatic carbocycles. The van der Waals surface area contributed by atoms with Crippen LogP contribution in [0, 0.1) is 0 Å². The predicted molar refractivity (Wildman–Crippen MR) is 120 cm³/mol. The molecule has 1 fully saturated rings. The van der Waals surface area contributed by atoms with Crippen molar-refractivity contribution in [2.24, 2.45) is 0 Å². The Hall–Kier alpha value is -3.55. The molecule has 5 rings (SSSR count). The van der Waals surface area contributed by atoms with Crippen LogP contribution in [-0.4, -0.2) is 54.5 Å². The number of hydrogen-bond donors (Lipinski definition) is 1. The molecule has 2 atom stereocenters. The van der Waals surface area contributed by atoms with Gasteiger partial charge in [-0.15, -0.1) is 0 Å². The summed E-state index contributed by atoms with van der Waals surface area (Å²) in [6.45, 7) is 2.23. The van der Waals surface area contributed by atoms with Crippen molar-refractivity contribution >= 4 is 17.8 Å². The van der Waals surface area contributed by atoms with E-state index in [4.69, 9.17) is 9.47 Å². The van der Waals surface area contributed by atoms with Crippen molar-refractivity contribution < 1.29 is 23.9 Å². The number of hydrogen-bond acceptors (Lipinski definition) is 5. The molecule has 2 unspecified atom stereocenters. The van der Waals surface area contributed by atoms with Gasteiger partial charge in [0.15, 0.2) is 11.5 Å². The monoisotopic (exact) mass is 449 g/mol. The first-order valence-corrected chi connectivity index (χ1v) is 11.3. The zero-order valence-corrected chi connectivity index (χ0v) is 18.8. The number of imide groups is 1. The zero-order chi connectivity index (χ0) is 23.2. The first kappa shape index (κ1) is 21.3. The van der Waals surface area contributed by atoms with Gasteiger partial charge in [0, 0.05) is 7.05 Å². The standard InChI is InChI=1S/C25H27N3O5/c1-25(17-10-11-20-21(14-17)33-13-12-32-20)23(30)28(24(31)26-25)15-22(29)27(2)19-9-5-7-16-6-3-4-8-18(16)19/h3-4,6,8,10-11,14,19H,5,7,9,12-13,15H2,1-2H3,(H,26,31). The molecule has 8 heteroatoms. The van der Waals surface area contributed by atoms with Crippen molar-refractivity contribution in [3.63, 3.8) is 0 Å². The number of carbonyl (C=O) groups excluding carboxylic acids is 3. The number of likely N-dealkylation sites (N-methyl/N-ethyl adjacent to an activating group) is 1. The Labute approximate surface area is 192 Å². The minimum absolute atomic E-state index is 0.0626. The lowest BCUT2D eigenvalue weighted by Gasteiger charge is -2.34. The summed E-state index contributed by atoms with van der Waals surface area (Å²) >= 11 is 0. The highest BCUT2D eigenvalue weighted by atomic mass is 16.6. The van der Waals surface area contributed by atoms with E-state index in [9.17, 15) is 14.4 Å². The van der Waals surface area contributed by atoms with Gasteiger partial charge in [0.05, 0.1) is 6.04 Å². The molecule has 0 bridgehead atoms. The van der Waals surface area contributed by atoms with Crippen LogP contribution in [0.2, 0.25) is 0 Å². The molecule has 0 saturated carbocycles. The van der Waals surface area contributed by atoms with Gasteiger partial charge in [-0.25, -0.2) is 4.79 Å². The molecule has 2 aromatic rings. The van der Waals surface area contributed by atoms with Crippen LogP contribution in [0.5, 0.6) is 11.5 Å². The molecule has 1 aliphatic carbocycles. The van der Waals surface area contributed by atoms with E-state index in [-0.39, 0.29) is 18.5 Å². The van der Waals surface area contributed by atoms with Gasteiger partial charge in [-0.3, -0.25) is 14.5 Å². The van der Waals surface area contributed by atoms with Crippen molar-refractivity contribution in [1.29, 1.82) is 0 Å². The molecular formula is C25H27N3O5. The van der Waals surface area contributed by atoms with Crippen LogP contribution in [-0.2, 0) is 21.5 Å². The molecule has 0 spiro atoms. The summed E-state index contributed by atoms with van der Waals surface area (Å²) in [5.41, 5.74) is 1.67. The minimum atomic E-state index is -1.29. The van der Waals surface area contributed by atoms with Crippen LogP contribution in [0.4, 0.5) is 4.79 Å². The van der Waals surface area contributed by atoms with Crippen LogP contribution >= 0.6 is 0 Å². The van der Waals surface area contributed by atoms with Gasteiger partial charge in [0.2, 0.25) is 5.91 Å². The number of amides is 4. The van der Waals surface area contributed by atoms with Crippen molar-refractivity contribution in [2.45, 2.75) is 37.8 Å². The number of nitrogens with one attached hydrogen (secondary N) is 1. The van der Waals surface area contributed by atoms with Crippen molar-refractivity contribution in [3.8, 4) is 11.5 Å². The van der Waals surface area contributed by atoms with E-state index >= 15 is 0 Å². The average molecular weight is 450 g/mol. The van der Waals surface area contributed by atoms with E-state index in [0.717, 1.165) is 29.7 Å². The number of ether oxygens (including phenoxy) is 2. The summed E-state index contributed by atoms with van der Waals surface area (Å²) in [6, 6.07) is 12.7. The van der Waals surface area contributed by atoms with Gasteiger partial charge in [-0.2, -0.15) is 0 Å². The van der Waals surface area contributed by atoms with Crippen LogP contribution in [0.15, 0.2) is 42.5 Å². The Bertz CT molecular complexity index is 1130. The molecule has 0 radical (unpaired) electrons. The first-order valence-electron chi connectivity index (χ1n) is 11.3. The van der Waals surface area contributed by atoms with Crippen LogP contribution < -0.4 is 14.8 Å². The number of aryl methyl sites for hydroxylation is 1. The zero-order valence-electron chi connectivity index (χ0n) is 18.8. The second-order valence-corrected chi connectivity index (χ2v) is 8.92. The predicted octanol–water partition coefficient (Wildman–Crippen LogP) is 2.76. The normalized spacial score (nSPS) is 23.7. The van der Waals surface area contributed by atoms with Gasteiger partial charge in [-0.05, 0) is 55.0 Å². The maximum absolute atomic E-state index is 13.3. The lowest BCUT2D eigenvalue weighted by molar-refractivity contribution is -0.139. The molecule has 172 valence electrons. The highest BCUT2D eigenvalue weighted by molar-refractivity contribution is 6.09. The number of carbonyl (C=O) groups is 3. The largest absolute Gasteiger partial charge is 0.486 e. The molecule has 1 N–H and O–H groups in total.